The van der Waals surface area contributed by atoms with Crippen molar-refractivity contribution in [3.05, 3.63) is 57.6 Å². The Morgan fingerprint density at radius 3 is 2.60 bits per heavy atom. The van der Waals surface area contributed by atoms with Crippen molar-refractivity contribution in [2.24, 2.45) is 0 Å². The molecule has 0 amide bonds. The molecule has 0 aromatic heterocycles. The summed E-state index contributed by atoms with van der Waals surface area (Å²) in [5.41, 5.74) is 6.95. The molecule has 0 saturated carbocycles. The third-order valence-corrected chi connectivity index (χ3v) is 3.25. The number of carboxylic acid groups (broad SMARTS) is 1. The number of nitrogens with two attached hydrogens (primary N) is 1. The number of aromatic carboxylic acids is 1. The number of benzene rings is 2. The van der Waals surface area contributed by atoms with E-state index in [0.29, 0.717) is 21.5 Å². The molecule has 0 saturated heterocycles. The third-order valence-electron chi connectivity index (χ3n) is 2.66. The molecular formula is C14H11Cl2NO3. The number of halogens is 2. The Labute approximate surface area is 125 Å². The molecule has 2 rings (SSSR count). The number of rotatable bonds is 4. The maximum Gasteiger partial charge on any atom is 0.335 e. The summed E-state index contributed by atoms with van der Waals surface area (Å²) in [5, 5.41) is 9.94. The van der Waals surface area contributed by atoms with E-state index in [4.69, 9.17) is 38.8 Å². The highest BCUT2D eigenvalue weighted by Gasteiger charge is 2.09. The lowest BCUT2D eigenvalue weighted by Gasteiger charge is -2.11. The van der Waals surface area contributed by atoms with Crippen LogP contribution >= 0.6 is 23.2 Å². The zero-order valence-electron chi connectivity index (χ0n) is 10.3. The fraction of sp³-hybridized carbons (Fsp3) is 0.0714. The lowest BCUT2D eigenvalue weighted by atomic mass is 10.2. The first-order valence-corrected chi connectivity index (χ1v) is 6.42. The summed E-state index contributed by atoms with van der Waals surface area (Å²) >= 11 is 11.8. The van der Waals surface area contributed by atoms with Gasteiger partial charge in [0, 0.05) is 15.6 Å². The molecular weight excluding hydrogens is 301 g/mol. The zero-order chi connectivity index (χ0) is 14.7. The van der Waals surface area contributed by atoms with Crippen molar-refractivity contribution >= 4 is 34.9 Å². The van der Waals surface area contributed by atoms with Crippen LogP contribution in [0.2, 0.25) is 10.0 Å². The second kappa shape index (κ2) is 6.03. The van der Waals surface area contributed by atoms with Gasteiger partial charge in [0.2, 0.25) is 0 Å². The van der Waals surface area contributed by atoms with Crippen LogP contribution in [0.1, 0.15) is 15.9 Å². The fourth-order valence-corrected chi connectivity index (χ4v) is 2.05. The van der Waals surface area contributed by atoms with Crippen molar-refractivity contribution < 1.29 is 14.6 Å². The highest BCUT2D eigenvalue weighted by atomic mass is 35.5. The van der Waals surface area contributed by atoms with E-state index in [9.17, 15) is 4.79 Å². The Morgan fingerprint density at radius 2 is 1.95 bits per heavy atom. The van der Waals surface area contributed by atoms with Gasteiger partial charge in [-0.05, 0) is 30.3 Å². The van der Waals surface area contributed by atoms with E-state index < -0.39 is 5.97 Å². The lowest BCUT2D eigenvalue weighted by Crippen LogP contribution is -2.02. The van der Waals surface area contributed by atoms with Crippen molar-refractivity contribution in [1.82, 2.24) is 0 Å². The van der Waals surface area contributed by atoms with Gasteiger partial charge in [-0.3, -0.25) is 0 Å². The number of hydrogen-bond acceptors (Lipinski definition) is 3. The minimum Gasteiger partial charge on any atom is -0.487 e. The minimum absolute atomic E-state index is 0.108. The monoisotopic (exact) mass is 311 g/mol. The molecule has 0 heterocycles. The predicted octanol–water partition coefficient (Wildman–Crippen LogP) is 3.85. The van der Waals surface area contributed by atoms with Gasteiger partial charge in [-0.2, -0.15) is 0 Å². The SMILES string of the molecule is Nc1ccc(C(=O)O)cc1OCc1ccc(Cl)cc1Cl. The lowest BCUT2D eigenvalue weighted by molar-refractivity contribution is 0.0696. The van der Waals surface area contributed by atoms with E-state index in [1.807, 2.05) is 0 Å². The fourth-order valence-electron chi connectivity index (χ4n) is 1.59. The molecule has 0 bridgehead atoms. The summed E-state index contributed by atoms with van der Waals surface area (Å²) in [6.45, 7) is 0.170. The van der Waals surface area contributed by atoms with Gasteiger partial charge in [0.1, 0.15) is 12.4 Å². The molecule has 0 spiro atoms. The standard InChI is InChI=1S/C14H11Cl2NO3/c15-10-3-1-9(11(16)6-10)7-20-13-5-8(14(18)19)2-4-12(13)17/h1-6H,7,17H2,(H,18,19). The van der Waals surface area contributed by atoms with Crippen LogP contribution in [-0.4, -0.2) is 11.1 Å². The van der Waals surface area contributed by atoms with E-state index in [2.05, 4.69) is 0 Å². The van der Waals surface area contributed by atoms with Crippen molar-refractivity contribution in [1.29, 1.82) is 0 Å². The molecule has 3 N–H and O–H groups in total. The molecule has 2 aromatic rings. The number of nitrogen functional groups attached to an aromatic ring is 1. The highest BCUT2D eigenvalue weighted by molar-refractivity contribution is 6.35. The molecule has 0 unspecified atom stereocenters. The molecule has 0 atom stereocenters. The Hall–Kier alpha value is -1.91. The maximum absolute atomic E-state index is 10.9. The van der Waals surface area contributed by atoms with Gasteiger partial charge in [0.25, 0.3) is 0 Å². The van der Waals surface area contributed by atoms with Gasteiger partial charge < -0.3 is 15.6 Å². The third kappa shape index (κ3) is 3.35. The molecule has 0 aliphatic heterocycles. The quantitative estimate of drug-likeness (QED) is 0.841. The van der Waals surface area contributed by atoms with Gasteiger partial charge in [-0.15, -0.1) is 0 Å². The average molecular weight is 312 g/mol. The Balaban J connectivity index is 2.18. The first-order valence-electron chi connectivity index (χ1n) is 5.67. The molecule has 0 aliphatic carbocycles. The second-order valence-corrected chi connectivity index (χ2v) is 4.93. The van der Waals surface area contributed by atoms with Gasteiger partial charge in [-0.1, -0.05) is 29.3 Å². The van der Waals surface area contributed by atoms with Crippen LogP contribution in [0.5, 0.6) is 5.75 Å². The number of hydrogen-bond donors (Lipinski definition) is 2. The minimum atomic E-state index is -1.04. The average Bonchev–Trinajstić information content (AvgIpc) is 2.39. The molecule has 0 radical (unpaired) electrons. The van der Waals surface area contributed by atoms with Gasteiger partial charge in [0.15, 0.2) is 0 Å². The van der Waals surface area contributed by atoms with Crippen LogP contribution in [0.3, 0.4) is 0 Å². The first kappa shape index (κ1) is 14.5. The van der Waals surface area contributed by atoms with Crippen LogP contribution in [-0.2, 0) is 6.61 Å². The molecule has 0 fully saturated rings. The molecule has 2 aromatic carbocycles. The van der Waals surface area contributed by atoms with E-state index in [-0.39, 0.29) is 12.2 Å². The predicted molar refractivity (Wildman–Crippen MR) is 78.6 cm³/mol. The summed E-state index contributed by atoms with van der Waals surface area (Å²) in [6, 6.07) is 9.33. The number of anilines is 1. The molecule has 4 nitrogen and oxygen atoms in total. The summed E-state index contributed by atoms with van der Waals surface area (Å²) in [4.78, 5) is 10.9. The molecule has 104 valence electrons. The number of carbonyl (C=O) groups is 1. The normalized spacial score (nSPS) is 10.3. The summed E-state index contributed by atoms with van der Waals surface area (Å²) in [5.74, 6) is -0.740. The maximum atomic E-state index is 10.9. The van der Waals surface area contributed by atoms with Gasteiger partial charge in [-0.25, -0.2) is 4.79 Å². The smallest absolute Gasteiger partial charge is 0.335 e. The van der Waals surface area contributed by atoms with Gasteiger partial charge in [0.05, 0.1) is 11.3 Å². The van der Waals surface area contributed by atoms with E-state index in [1.54, 1.807) is 18.2 Å². The van der Waals surface area contributed by atoms with Crippen LogP contribution in [0.15, 0.2) is 36.4 Å². The van der Waals surface area contributed by atoms with Gasteiger partial charge >= 0.3 is 5.97 Å². The van der Waals surface area contributed by atoms with Crippen molar-refractivity contribution in [3.63, 3.8) is 0 Å². The van der Waals surface area contributed by atoms with Crippen LogP contribution in [0, 0.1) is 0 Å². The Bertz CT molecular complexity index is 659. The Morgan fingerprint density at radius 1 is 1.20 bits per heavy atom. The second-order valence-electron chi connectivity index (χ2n) is 4.08. The van der Waals surface area contributed by atoms with E-state index in [0.717, 1.165) is 5.56 Å². The number of ether oxygens (including phenoxy) is 1. The summed E-state index contributed by atoms with van der Waals surface area (Å²) < 4.78 is 5.52. The highest BCUT2D eigenvalue weighted by Crippen LogP contribution is 2.26. The van der Waals surface area contributed by atoms with Crippen molar-refractivity contribution in [2.45, 2.75) is 6.61 Å². The van der Waals surface area contributed by atoms with Crippen molar-refractivity contribution in [2.75, 3.05) is 5.73 Å². The topological polar surface area (TPSA) is 72.6 Å². The van der Waals surface area contributed by atoms with Crippen LogP contribution in [0.25, 0.3) is 0 Å². The largest absolute Gasteiger partial charge is 0.487 e. The van der Waals surface area contributed by atoms with Crippen LogP contribution < -0.4 is 10.5 Å². The molecule has 20 heavy (non-hydrogen) atoms. The summed E-state index contributed by atoms with van der Waals surface area (Å²) in [6.07, 6.45) is 0. The van der Waals surface area contributed by atoms with Crippen LogP contribution in [0.4, 0.5) is 5.69 Å². The molecule has 6 heteroatoms. The van der Waals surface area contributed by atoms with E-state index in [1.165, 1.54) is 18.2 Å². The Kier molecular flexibility index (Phi) is 4.37. The van der Waals surface area contributed by atoms with Crippen molar-refractivity contribution in [3.8, 4) is 5.75 Å². The first-order chi connectivity index (χ1) is 9.47. The van der Waals surface area contributed by atoms with E-state index >= 15 is 0 Å². The number of carboxylic acids is 1. The molecule has 0 aliphatic rings. The zero-order valence-corrected chi connectivity index (χ0v) is 11.8. The summed E-state index contributed by atoms with van der Waals surface area (Å²) in [7, 11) is 0.